The van der Waals surface area contributed by atoms with Crippen LogP contribution in [-0.4, -0.2) is 16.9 Å². The van der Waals surface area contributed by atoms with E-state index < -0.39 is 4.92 Å². The topological polar surface area (TPSA) is 46.4 Å². The number of halogens is 2. The van der Waals surface area contributed by atoms with Crippen molar-refractivity contribution < 1.29 is 4.92 Å². The van der Waals surface area contributed by atoms with Crippen molar-refractivity contribution in [3.05, 3.63) is 59.7 Å². The third kappa shape index (κ3) is 4.02. The van der Waals surface area contributed by atoms with Crippen molar-refractivity contribution >= 4 is 44.6 Å². The summed E-state index contributed by atoms with van der Waals surface area (Å²) < 4.78 is 1.10. The molecule has 4 nitrogen and oxygen atoms in total. The zero-order valence-electron chi connectivity index (χ0n) is 10.7. The molecule has 0 N–H and O–H groups in total. The van der Waals surface area contributed by atoms with Crippen LogP contribution in [0.3, 0.4) is 0 Å². The second-order valence-corrected chi connectivity index (χ2v) is 7.17. The van der Waals surface area contributed by atoms with E-state index in [-0.39, 0.29) is 10.7 Å². The Morgan fingerprint density at radius 3 is 2.65 bits per heavy atom. The molecule has 0 aliphatic heterocycles. The molecule has 2 rings (SSSR count). The van der Waals surface area contributed by atoms with E-state index in [4.69, 9.17) is 11.6 Å². The van der Waals surface area contributed by atoms with Gasteiger partial charge in [-0.15, -0.1) is 11.3 Å². The van der Waals surface area contributed by atoms with Crippen LogP contribution >= 0.6 is 38.9 Å². The molecule has 1 heterocycles. The molecule has 0 spiro atoms. The molecule has 0 fully saturated rings. The zero-order valence-corrected chi connectivity index (χ0v) is 13.8. The maximum absolute atomic E-state index is 10.9. The van der Waals surface area contributed by atoms with E-state index in [9.17, 15) is 10.1 Å². The third-order valence-corrected chi connectivity index (χ3v) is 4.61. The molecule has 1 aromatic heterocycles. The van der Waals surface area contributed by atoms with Gasteiger partial charge in [-0.3, -0.25) is 15.0 Å². The number of benzene rings is 1. The van der Waals surface area contributed by atoms with E-state index >= 15 is 0 Å². The minimum absolute atomic E-state index is 0.0455. The Bertz CT molecular complexity index is 633. The highest BCUT2D eigenvalue weighted by Gasteiger charge is 2.13. The van der Waals surface area contributed by atoms with Crippen LogP contribution in [0, 0.1) is 10.1 Å². The summed E-state index contributed by atoms with van der Waals surface area (Å²) in [6, 6.07) is 6.99. The van der Waals surface area contributed by atoms with Crippen LogP contribution < -0.4 is 0 Å². The van der Waals surface area contributed by atoms with Crippen molar-refractivity contribution in [3.63, 3.8) is 0 Å². The van der Waals surface area contributed by atoms with Gasteiger partial charge in [0.15, 0.2) is 0 Å². The molecule has 0 amide bonds. The second-order valence-electron chi connectivity index (χ2n) is 4.47. The van der Waals surface area contributed by atoms with Crippen molar-refractivity contribution in [2.24, 2.45) is 0 Å². The van der Waals surface area contributed by atoms with Crippen LogP contribution in [-0.2, 0) is 13.1 Å². The Morgan fingerprint density at radius 2 is 2.05 bits per heavy atom. The highest BCUT2D eigenvalue weighted by atomic mass is 79.9. The number of thiophene rings is 1. The molecule has 0 bridgehead atoms. The molecule has 0 aliphatic carbocycles. The molecule has 0 saturated heterocycles. The lowest BCUT2D eigenvalue weighted by Gasteiger charge is -2.15. The van der Waals surface area contributed by atoms with Gasteiger partial charge in [0, 0.05) is 19.2 Å². The van der Waals surface area contributed by atoms with Crippen molar-refractivity contribution in [1.29, 1.82) is 0 Å². The smallest absolute Gasteiger partial charge is 0.288 e. The maximum Gasteiger partial charge on any atom is 0.288 e. The van der Waals surface area contributed by atoms with Crippen molar-refractivity contribution in [1.82, 2.24) is 4.90 Å². The molecule has 0 saturated carbocycles. The maximum atomic E-state index is 10.9. The van der Waals surface area contributed by atoms with Crippen LogP contribution in [0.15, 0.2) is 33.4 Å². The summed E-state index contributed by atoms with van der Waals surface area (Å²) in [6.45, 7) is 1.42. The fourth-order valence-corrected chi connectivity index (χ4v) is 3.29. The monoisotopic (exact) mass is 374 g/mol. The van der Waals surface area contributed by atoms with Gasteiger partial charge in [0.25, 0.3) is 5.69 Å². The summed E-state index contributed by atoms with van der Waals surface area (Å²) in [5, 5.41) is 13.1. The van der Waals surface area contributed by atoms with Gasteiger partial charge in [-0.1, -0.05) is 17.7 Å². The standard InChI is InChI=1S/C13H12BrClN2O2S/c1-16(7-10-5-13(14)20-8-10)6-9-2-3-11(15)12(4-9)17(18)19/h2-5,8H,6-7H2,1H3. The molecular formula is C13H12BrClN2O2S. The molecule has 106 valence electrons. The first kappa shape index (κ1) is 15.4. The highest BCUT2D eigenvalue weighted by molar-refractivity contribution is 9.11. The molecule has 1 aromatic carbocycles. The first-order chi connectivity index (χ1) is 9.45. The predicted octanol–water partition coefficient (Wildman–Crippen LogP) is 4.70. The van der Waals surface area contributed by atoms with E-state index in [2.05, 4.69) is 32.3 Å². The van der Waals surface area contributed by atoms with E-state index in [0.29, 0.717) is 6.54 Å². The number of hydrogen-bond acceptors (Lipinski definition) is 4. The van der Waals surface area contributed by atoms with E-state index in [1.807, 2.05) is 13.1 Å². The lowest BCUT2D eigenvalue weighted by atomic mass is 10.2. The normalized spacial score (nSPS) is 11.0. The summed E-state index contributed by atoms with van der Waals surface area (Å²) in [7, 11) is 1.98. The third-order valence-electron chi connectivity index (χ3n) is 2.73. The molecular weight excluding hydrogens is 364 g/mol. The lowest BCUT2D eigenvalue weighted by molar-refractivity contribution is -0.384. The Morgan fingerprint density at radius 1 is 1.35 bits per heavy atom. The molecule has 0 atom stereocenters. The number of nitro groups is 1. The van der Waals surface area contributed by atoms with Crippen molar-refractivity contribution in [2.75, 3.05) is 7.05 Å². The Kier molecular flexibility index (Phi) is 5.15. The fraction of sp³-hybridized carbons (Fsp3) is 0.231. The van der Waals surface area contributed by atoms with Gasteiger partial charge in [-0.05, 0) is 51.6 Å². The quantitative estimate of drug-likeness (QED) is 0.562. The van der Waals surface area contributed by atoms with Gasteiger partial charge in [0.05, 0.1) is 8.71 Å². The molecule has 7 heteroatoms. The van der Waals surface area contributed by atoms with Gasteiger partial charge < -0.3 is 0 Å². The summed E-state index contributed by atoms with van der Waals surface area (Å²) in [5.74, 6) is 0. The summed E-state index contributed by atoms with van der Waals surface area (Å²) in [6.07, 6.45) is 0. The average molecular weight is 376 g/mol. The van der Waals surface area contributed by atoms with Crippen LogP contribution in [0.2, 0.25) is 5.02 Å². The van der Waals surface area contributed by atoms with E-state index in [0.717, 1.165) is 15.9 Å². The predicted molar refractivity (Wildman–Crippen MR) is 85.3 cm³/mol. The van der Waals surface area contributed by atoms with E-state index in [1.165, 1.54) is 11.6 Å². The highest BCUT2D eigenvalue weighted by Crippen LogP contribution is 2.26. The van der Waals surface area contributed by atoms with Crippen LogP contribution in [0.5, 0.6) is 0 Å². The van der Waals surface area contributed by atoms with Crippen LogP contribution in [0.4, 0.5) is 5.69 Å². The largest absolute Gasteiger partial charge is 0.298 e. The minimum Gasteiger partial charge on any atom is -0.298 e. The van der Waals surface area contributed by atoms with Crippen LogP contribution in [0.1, 0.15) is 11.1 Å². The van der Waals surface area contributed by atoms with Crippen molar-refractivity contribution in [2.45, 2.75) is 13.1 Å². The van der Waals surface area contributed by atoms with Crippen molar-refractivity contribution in [3.8, 4) is 0 Å². The van der Waals surface area contributed by atoms with Gasteiger partial charge in [0.1, 0.15) is 5.02 Å². The second kappa shape index (κ2) is 6.67. The van der Waals surface area contributed by atoms with Gasteiger partial charge in [0.2, 0.25) is 0 Å². The summed E-state index contributed by atoms with van der Waals surface area (Å²) in [5.41, 5.74) is 2.04. The lowest BCUT2D eigenvalue weighted by Crippen LogP contribution is -2.16. The number of hydrogen-bond donors (Lipinski definition) is 0. The number of nitro benzene ring substituents is 1. The Balaban J connectivity index is 2.06. The Hall–Kier alpha value is -0.950. The molecule has 2 aromatic rings. The first-order valence-corrected chi connectivity index (χ1v) is 7.85. The zero-order chi connectivity index (χ0) is 14.7. The molecule has 0 radical (unpaired) electrons. The fourth-order valence-electron chi connectivity index (χ4n) is 1.90. The molecule has 0 unspecified atom stereocenters. The summed E-state index contributed by atoms with van der Waals surface area (Å²) in [4.78, 5) is 12.5. The Labute approximate surface area is 134 Å². The summed E-state index contributed by atoms with van der Waals surface area (Å²) >= 11 is 10.9. The first-order valence-electron chi connectivity index (χ1n) is 5.80. The number of nitrogens with zero attached hydrogens (tertiary/aromatic N) is 2. The molecule has 0 aliphatic rings. The number of rotatable bonds is 5. The van der Waals surface area contributed by atoms with Gasteiger partial charge >= 0.3 is 0 Å². The van der Waals surface area contributed by atoms with E-state index in [1.54, 1.807) is 17.4 Å². The minimum atomic E-state index is -0.457. The SMILES string of the molecule is CN(Cc1csc(Br)c1)Cc1ccc(Cl)c([N+](=O)[O-])c1. The molecule has 20 heavy (non-hydrogen) atoms. The van der Waals surface area contributed by atoms with Gasteiger partial charge in [-0.25, -0.2) is 0 Å². The van der Waals surface area contributed by atoms with Gasteiger partial charge in [-0.2, -0.15) is 0 Å². The average Bonchev–Trinajstić information content (AvgIpc) is 2.76. The van der Waals surface area contributed by atoms with Crippen LogP contribution in [0.25, 0.3) is 0 Å².